The molecule has 5 nitrogen and oxygen atoms in total. The third kappa shape index (κ3) is 5.44. The van der Waals surface area contributed by atoms with Crippen molar-refractivity contribution in [2.75, 3.05) is 6.61 Å². The van der Waals surface area contributed by atoms with Crippen LogP contribution in [0.15, 0.2) is 43.0 Å². The number of aliphatic hydroxyl groups excluding tert-OH is 1. The largest absolute Gasteiger partial charge is 0.390 e. The first-order valence-electron chi connectivity index (χ1n) is 8.12. The van der Waals surface area contributed by atoms with Crippen LogP contribution in [-0.2, 0) is 11.3 Å². The molecule has 126 valence electrons. The van der Waals surface area contributed by atoms with E-state index >= 15 is 0 Å². The smallest absolute Gasteiger partial charge is 0.137 e. The molecule has 1 aromatic heterocycles. The van der Waals surface area contributed by atoms with Gasteiger partial charge in [-0.25, -0.2) is 9.67 Å². The van der Waals surface area contributed by atoms with E-state index in [1.165, 1.54) is 11.9 Å². The SMILES string of the molecule is CC(C)(C)C(O)C(CCCOCc1ccccc1)n1cncn1. The Morgan fingerprint density at radius 1 is 1.22 bits per heavy atom. The average molecular weight is 317 g/mol. The number of rotatable bonds is 8. The first-order chi connectivity index (χ1) is 11.0. The quantitative estimate of drug-likeness (QED) is 0.759. The highest BCUT2D eigenvalue weighted by Crippen LogP contribution is 2.30. The number of hydrogen-bond donors (Lipinski definition) is 1. The van der Waals surface area contributed by atoms with Crippen molar-refractivity contribution in [3.63, 3.8) is 0 Å². The summed E-state index contributed by atoms with van der Waals surface area (Å²) < 4.78 is 7.48. The van der Waals surface area contributed by atoms with E-state index in [0.717, 1.165) is 12.8 Å². The lowest BCUT2D eigenvalue weighted by Crippen LogP contribution is -2.36. The van der Waals surface area contributed by atoms with E-state index < -0.39 is 6.10 Å². The normalized spacial score (nSPS) is 14.6. The second-order valence-electron chi connectivity index (χ2n) is 6.93. The van der Waals surface area contributed by atoms with Crippen LogP contribution in [0.3, 0.4) is 0 Å². The van der Waals surface area contributed by atoms with Gasteiger partial charge >= 0.3 is 0 Å². The minimum atomic E-state index is -0.488. The maximum absolute atomic E-state index is 10.6. The van der Waals surface area contributed by atoms with E-state index in [0.29, 0.717) is 13.2 Å². The van der Waals surface area contributed by atoms with Crippen molar-refractivity contribution in [1.29, 1.82) is 0 Å². The van der Waals surface area contributed by atoms with Crippen LogP contribution in [-0.4, -0.2) is 32.6 Å². The summed E-state index contributed by atoms with van der Waals surface area (Å²) in [7, 11) is 0. The summed E-state index contributed by atoms with van der Waals surface area (Å²) in [5.74, 6) is 0. The lowest BCUT2D eigenvalue weighted by molar-refractivity contribution is 0.00500. The van der Waals surface area contributed by atoms with Crippen molar-refractivity contribution in [2.45, 2.75) is 52.4 Å². The second kappa shape index (κ2) is 8.22. The fraction of sp³-hybridized carbons (Fsp3) is 0.556. The molecule has 2 aromatic rings. The van der Waals surface area contributed by atoms with Gasteiger partial charge in [0.15, 0.2) is 0 Å². The van der Waals surface area contributed by atoms with E-state index in [9.17, 15) is 5.11 Å². The van der Waals surface area contributed by atoms with Crippen molar-refractivity contribution in [1.82, 2.24) is 14.8 Å². The van der Waals surface area contributed by atoms with Gasteiger partial charge in [0, 0.05) is 6.61 Å². The van der Waals surface area contributed by atoms with Gasteiger partial charge in [-0.05, 0) is 23.8 Å². The van der Waals surface area contributed by atoms with Crippen LogP contribution in [0, 0.1) is 5.41 Å². The highest BCUT2D eigenvalue weighted by molar-refractivity contribution is 5.13. The monoisotopic (exact) mass is 317 g/mol. The fourth-order valence-electron chi connectivity index (χ4n) is 2.56. The summed E-state index contributed by atoms with van der Waals surface area (Å²) in [5.41, 5.74) is 0.969. The molecule has 0 bridgehead atoms. The van der Waals surface area contributed by atoms with Crippen molar-refractivity contribution >= 4 is 0 Å². The van der Waals surface area contributed by atoms with Crippen LogP contribution in [0.2, 0.25) is 0 Å². The first-order valence-corrected chi connectivity index (χ1v) is 8.12. The van der Waals surface area contributed by atoms with Gasteiger partial charge in [0.25, 0.3) is 0 Å². The Morgan fingerprint density at radius 2 is 1.96 bits per heavy atom. The molecule has 2 rings (SSSR count). The predicted octanol–water partition coefficient (Wildman–Crippen LogP) is 3.22. The Morgan fingerprint density at radius 3 is 2.57 bits per heavy atom. The summed E-state index contributed by atoms with van der Waals surface area (Å²) in [6.45, 7) is 7.39. The molecule has 0 amide bonds. The maximum Gasteiger partial charge on any atom is 0.137 e. The standard InChI is InChI=1S/C18H27N3O2/c1-18(2,3)17(22)16(21-14-19-13-20-21)10-7-11-23-12-15-8-5-4-6-9-15/h4-6,8-9,13-14,16-17,22H,7,10-12H2,1-3H3. The minimum absolute atomic E-state index is 0.0853. The molecular weight excluding hydrogens is 290 g/mol. The first kappa shape index (κ1) is 17.6. The molecule has 0 saturated carbocycles. The van der Waals surface area contributed by atoms with Crippen LogP contribution in [0.25, 0.3) is 0 Å². The highest BCUT2D eigenvalue weighted by atomic mass is 16.5. The van der Waals surface area contributed by atoms with Crippen LogP contribution >= 0.6 is 0 Å². The van der Waals surface area contributed by atoms with E-state index in [1.54, 1.807) is 11.0 Å². The van der Waals surface area contributed by atoms with Crippen molar-refractivity contribution in [3.05, 3.63) is 48.5 Å². The fourth-order valence-corrected chi connectivity index (χ4v) is 2.56. The minimum Gasteiger partial charge on any atom is -0.390 e. The number of benzene rings is 1. The zero-order valence-electron chi connectivity index (χ0n) is 14.2. The average Bonchev–Trinajstić information content (AvgIpc) is 3.04. The van der Waals surface area contributed by atoms with E-state index in [-0.39, 0.29) is 11.5 Å². The third-order valence-electron chi connectivity index (χ3n) is 3.93. The lowest BCUT2D eigenvalue weighted by Gasteiger charge is -2.33. The van der Waals surface area contributed by atoms with Gasteiger partial charge in [0.2, 0.25) is 0 Å². The molecule has 0 aliphatic heterocycles. The number of aromatic nitrogens is 3. The summed E-state index contributed by atoms with van der Waals surface area (Å²) in [6.07, 6.45) is 4.36. The molecule has 0 aliphatic carbocycles. The Bertz CT molecular complexity index is 549. The summed E-state index contributed by atoms with van der Waals surface area (Å²) >= 11 is 0. The maximum atomic E-state index is 10.6. The number of nitrogens with zero attached hydrogens (tertiary/aromatic N) is 3. The lowest BCUT2D eigenvalue weighted by atomic mass is 9.83. The number of ether oxygens (including phenoxy) is 1. The predicted molar refractivity (Wildman–Crippen MR) is 89.9 cm³/mol. The van der Waals surface area contributed by atoms with Gasteiger partial charge in [-0.3, -0.25) is 0 Å². The molecule has 0 saturated heterocycles. The van der Waals surface area contributed by atoms with Gasteiger partial charge < -0.3 is 9.84 Å². The van der Waals surface area contributed by atoms with Crippen molar-refractivity contribution in [2.24, 2.45) is 5.41 Å². The van der Waals surface area contributed by atoms with E-state index in [2.05, 4.69) is 22.2 Å². The second-order valence-corrected chi connectivity index (χ2v) is 6.93. The highest BCUT2D eigenvalue weighted by Gasteiger charge is 2.31. The van der Waals surface area contributed by atoms with E-state index in [4.69, 9.17) is 4.74 Å². The van der Waals surface area contributed by atoms with Crippen molar-refractivity contribution < 1.29 is 9.84 Å². The zero-order valence-corrected chi connectivity index (χ0v) is 14.2. The van der Waals surface area contributed by atoms with Crippen LogP contribution < -0.4 is 0 Å². The van der Waals surface area contributed by atoms with Crippen LogP contribution in [0.5, 0.6) is 0 Å². The molecule has 1 aromatic carbocycles. The van der Waals surface area contributed by atoms with E-state index in [1.807, 2.05) is 39.0 Å². The van der Waals surface area contributed by atoms with Gasteiger partial charge in [-0.2, -0.15) is 5.10 Å². The molecule has 1 heterocycles. The molecule has 2 atom stereocenters. The molecule has 0 radical (unpaired) electrons. The summed E-state index contributed by atoms with van der Waals surface area (Å²) in [5, 5.41) is 14.8. The Hall–Kier alpha value is -1.72. The molecule has 0 aliphatic rings. The molecule has 0 spiro atoms. The molecule has 0 fully saturated rings. The topological polar surface area (TPSA) is 60.2 Å². The Labute approximate surface area is 138 Å². The zero-order chi connectivity index (χ0) is 16.7. The van der Waals surface area contributed by atoms with Gasteiger partial charge in [0.1, 0.15) is 12.7 Å². The molecule has 2 unspecified atom stereocenters. The van der Waals surface area contributed by atoms with Crippen molar-refractivity contribution in [3.8, 4) is 0 Å². The Balaban J connectivity index is 1.82. The van der Waals surface area contributed by atoms with Crippen LogP contribution in [0.1, 0.15) is 45.2 Å². The molecule has 23 heavy (non-hydrogen) atoms. The van der Waals surface area contributed by atoms with Gasteiger partial charge in [-0.15, -0.1) is 0 Å². The molecular formula is C18H27N3O2. The van der Waals surface area contributed by atoms with Crippen LogP contribution in [0.4, 0.5) is 0 Å². The Kier molecular flexibility index (Phi) is 6.30. The number of aliphatic hydroxyl groups is 1. The summed E-state index contributed by atoms with van der Waals surface area (Å²) in [6, 6.07) is 10.1. The third-order valence-corrected chi connectivity index (χ3v) is 3.93. The molecule has 1 N–H and O–H groups in total. The number of hydrogen-bond acceptors (Lipinski definition) is 4. The van der Waals surface area contributed by atoms with Gasteiger partial charge in [-0.1, -0.05) is 51.1 Å². The molecule has 5 heteroatoms. The van der Waals surface area contributed by atoms with Gasteiger partial charge in [0.05, 0.1) is 18.8 Å². The summed E-state index contributed by atoms with van der Waals surface area (Å²) in [4.78, 5) is 4.00.